The lowest BCUT2D eigenvalue weighted by molar-refractivity contribution is -0.138. The van der Waals surface area contributed by atoms with Gasteiger partial charge in [-0.05, 0) is 30.5 Å². The Morgan fingerprint density at radius 1 is 1.31 bits per heavy atom. The summed E-state index contributed by atoms with van der Waals surface area (Å²) in [5.41, 5.74) is -0.243. The molecule has 1 aromatic rings. The molecule has 0 saturated heterocycles. The summed E-state index contributed by atoms with van der Waals surface area (Å²) in [6, 6.07) is 4.46. The first-order valence-electron chi connectivity index (χ1n) is 4.94. The summed E-state index contributed by atoms with van der Waals surface area (Å²) in [6.45, 7) is 2.77. The highest BCUT2D eigenvalue weighted by molar-refractivity contribution is 7.98. The second kappa shape index (κ2) is 5.59. The normalized spacial score (nSPS) is 11.8. The molecule has 0 aliphatic rings. The van der Waals surface area contributed by atoms with E-state index in [4.69, 9.17) is 0 Å². The number of rotatable bonds is 4. The average molecular weight is 249 g/mol. The monoisotopic (exact) mass is 249 g/mol. The molecule has 0 saturated carbocycles. The summed E-state index contributed by atoms with van der Waals surface area (Å²) in [7, 11) is 0. The molecule has 1 nitrogen and oxygen atoms in total. The molecule has 0 unspecified atom stereocenters. The molecule has 1 aromatic carbocycles. The molecule has 5 heteroatoms. The van der Waals surface area contributed by atoms with Crippen LogP contribution >= 0.6 is 11.8 Å². The maximum absolute atomic E-state index is 12.8. The molecule has 16 heavy (non-hydrogen) atoms. The van der Waals surface area contributed by atoms with Crippen LogP contribution in [0.4, 0.5) is 13.2 Å². The van der Waals surface area contributed by atoms with Gasteiger partial charge in [-0.15, -0.1) is 11.8 Å². The van der Waals surface area contributed by atoms with E-state index in [0.717, 1.165) is 0 Å². The first-order chi connectivity index (χ1) is 7.49. The van der Waals surface area contributed by atoms with E-state index in [0.29, 0.717) is 17.0 Å². The van der Waals surface area contributed by atoms with Gasteiger partial charge in [0.15, 0.2) is 0 Å². The lowest BCUT2D eigenvalue weighted by Gasteiger charge is -2.14. The van der Waals surface area contributed by atoms with Crippen LogP contribution in [0.15, 0.2) is 23.1 Å². The minimum Gasteiger partial charge on any atom is -0.313 e. The van der Waals surface area contributed by atoms with Gasteiger partial charge < -0.3 is 5.32 Å². The molecule has 0 fully saturated rings. The summed E-state index contributed by atoms with van der Waals surface area (Å²) in [4.78, 5) is 0.632. The number of thioether (sulfide) groups is 1. The summed E-state index contributed by atoms with van der Waals surface area (Å²) in [5.74, 6) is 0. The summed E-state index contributed by atoms with van der Waals surface area (Å²) in [5, 5.41) is 2.91. The van der Waals surface area contributed by atoms with Crippen LogP contribution in [0.25, 0.3) is 0 Å². The fourth-order valence-corrected chi connectivity index (χ4v) is 1.80. The quantitative estimate of drug-likeness (QED) is 0.819. The lowest BCUT2D eigenvalue weighted by atomic mass is 10.1. The van der Waals surface area contributed by atoms with Gasteiger partial charge in [0, 0.05) is 11.4 Å². The van der Waals surface area contributed by atoms with Crippen molar-refractivity contribution in [3.8, 4) is 0 Å². The second-order valence-corrected chi connectivity index (χ2v) is 4.18. The van der Waals surface area contributed by atoms with E-state index in [9.17, 15) is 13.2 Å². The Morgan fingerprint density at radius 3 is 2.50 bits per heavy atom. The van der Waals surface area contributed by atoms with Crippen LogP contribution in [-0.4, -0.2) is 12.8 Å². The highest BCUT2D eigenvalue weighted by Gasteiger charge is 2.33. The molecule has 0 aliphatic carbocycles. The minimum absolute atomic E-state index is 0.250. The minimum atomic E-state index is -4.28. The van der Waals surface area contributed by atoms with Gasteiger partial charge in [0.1, 0.15) is 0 Å². The third kappa shape index (κ3) is 3.42. The second-order valence-electron chi connectivity index (χ2n) is 3.30. The van der Waals surface area contributed by atoms with Crippen LogP contribution in [-0.2, 0) is 12.7 Å². The molecule has 1 rings (SSSR count). The molecular formula is C11H14F3NS. The highest BCUT2D eigenvalue weighted by atomic mass is 32.2. The zero-order valence-corrected chi connectivity index (χ0v) is 10.0. The van der Waals surface area contributed by atoms with E-state index in [1.54, 1.807) is 12.3 Å². The third-order valence-electron chi connectivity index (χ3n) is 2.19. The average Bonchev–Trinajstić information content (AvgIpc) is 2.25. The van der Waals surface area contributed by atoms with E-state index in [-0.39, 0.29) is 6.54 Å². The molecule has 0 spiro atoms. The smallest absolute Gasteiger partial charge is 0.313 e. The van der Waals surface area contributed by atoms with Crippen LogP contribution in [0.5, 0.6) is 0 Å². The Kier molecular flexibility index (Phi) is 4.68. The van der Waals surface area contributed by atoms with Gasteiger partial charge >= 0.3 is 6.18 Å². The number of nitrogens with one attached hydrogen (secondary N) is 1. The summed E-state index contributed by atoms with van der Waals surface area (Å²) >= 11 is 1.31. The predicted octanol–water partition coefficient (Wildman–Crippen LogP) is 3.54. The Hall–Kier alpha value is -0.680. The van der Waals surface area contributed by atoms with E-state index in [2.05, 4.69) is 5.32 Å². The Bertz CT molecular complexity index is 350. The zero-order valence-electron chi connectivity index (χ0n) is 9.19. The number of hydrogen-bond acceptors (Lipinski definition) is 2. The van der Waals surface area contributed by atoms with Crippen molar-refractivity contribution in [2.45, 2.75) is 24.5 Å². The number of benzene rings is 1. The molecular weight excluding hydrogens is 235 g/mol. The Labute approximate surface area is 97.4 Å². The van der Waals surface area contributed by atoms with Crippen LogP contribution in [0.1, 0.15) is 18.1 Å². The van der Waals surface area contributed by atoms with Crippen molar-refractivity contribution in [3.63, 3.8) is 0 Å². The molecule has 0 amide bonds. The SMILES string of the molecule is CCNCc1ccc(SC)cc1C(F)(F)F. The maximum atomic E-state index is 12.8. The van der Waals surface area contributed by atoms with Crippen molar-refractivity contribution >= 4 is 11.8 Å². The zero-order chi connectivity index (χ0) is 12.2. The third-order valence-corrected chi connectivity index (χ3v) is 2.91. The fraction of sp³-hybridized carbons (Fsp3) is 0.455. The Morgan fingerprint density at radius 2 is 2.00 bits per heavy atom. The maximum Gasteiger partial charge on any atom is 0.416 e. The van der Waals surface area contributed by atoms with Crippen molar-refractivity contribution in [3.05, 3.63) is 29.3 Å². The summed E-state index contributed by atoms with van der Waals surface area (Å²) < 4.78 is 38.3. The van der Waals surface area contributed by atoms with E-state index in [1.165, 1.54) is 23.9 Å². The van der Waals surface area contributed by atoms with Gasteiger partial charge in [0.2, 0.25) is 0 Å². The summed E-state index contributed by atoms with van der Waals surface area (Å²) in [6.07, 6.45) is -2.52. The molecule has 90 valence electrons. The van der Waals surface area contributed by atoms with Crippen molar-refractivity contribution in [2.24, 2.45) is 0 Å². The predicted molar refractivity (Wildman–Crippen MR) is 60.6 cm³/mol. The lowest BCUT2D eigenvalue weighted by Crippen LogP contribution is -2.17. The molecule has 0 atom stereocenters. The van der Waals surface area contributed by atoms with Crippen LogP contribution in [0, 0.1) is 0 Å². The van der Waals surface area contributed by atoms with Crippen LogP contribution in [0.3, 0.4) is 0 Å². The van der Waals surface area contributed by atoms with Crippen molar-refractivity contribution in [2.75, 3.05) is 12.8 Å². The molecule has 0 aromatic heterocycles. The first kappa shape index (κ1) is 13.4. The van der Waals surface area contributed by atoms with Crippen LogP contribution < -0.4 is 5.32 Å². The largest absolute Gasteiger partial charge is 0.416 e. The topological polar surface area (TPSA) is 12.0 Å². The van der Waals surface area contributed by atoms with E-state index < -0.39 is 11.7 Å². The number of halogens is 3. The molecule has 0 aliphatic heterocycles. The van der Waals surface area contributed by atoms with Crippen LogP contribution in [0.2, 0.25) is 0 Å². The van der Waals surface area contributed by atoms with Gasteiger partial charge in [-0.25, -0.2) is 0 Å². The number of alkyl halides is 3. The van der Waals surface area contributed by atoms with Gasteiger partial charge in [-0.2, -0.15) is 13.2 Å². The molecule has 1 N–H and O–H groups in total. The van der Waals surface area contributed by atoms with Crippen molar-refractivity contribution < 1.29 is 13.2 Å². The van der Waals surface area contributed by atoms with Gasteiger partial charge in [0.05, 0.1) is 5.56 Å². The van der Waals surface area contributed by atoms with E-state index >= 15 is 0 Å². The Balaban J connectivity index is 3.06. The first-order valence-corrected chi connectivity index (χ1v) is 6.16. The molecule has 0 radical (unpaired) electrons. The van der Waals surface area contributed by atoms with Crippen molar-refractivity contribution in [1.29, 1.82) is 0 Å². The van der Waals surface area contributed by atoms with Crippen molar-refractivity contribution in [1.82, 2.24) is 5.32 Å². The number of hydrogen-bond donors (Lipinski definition) is 1. The van der Waals surface area contributed by atoms with Gasteiger partial charge in [-0.3, -0.25) is 0 Å². The molecule has 0 heterocycles. The fourth-order valence-electron chi connectivity index (χ4n) is 1.36. The van der Waals surface area contributed by atoms with Gasteiger partial charge in [-0.1, -0.05) is 13.0 Å². The molecule has 0 bridgehead atoms. The van der Waals surface area contributed by atoms with Gasteiger partial charge in [0.25, 0.3) is 0 Å². The van der Waals surface area contributed by atoms with E-state index in [1.807, 2.05) is 6.92 Å². The standard InChI is InChI=1S/C11H14F3NS/c1-3-15-7-8-4-5-9(16-2)6-10(8)11(12,13)14/h4-6,15H,3,7H2,1-2H3. The highest BCUT2D eigenvalue weighted by Crippen LogP contribution is 2.34.